The van der Waals surface area contributed by atoms with Crippen molar-refractivity contribution >= 4 is 46.9 Å². The Kier molecular flexibility index (Phi) is 6.96. The number of thioether (sulfide) groups is 1. The van der Waals surface area contributed by atoms with E-state index in [1.165, 1.54) is 16.9 Å². The molecule has 0 atom stereocenters. The summed E-state index contributed by atoms with van der Waals surface area (Å²) in [4.78, 5) is 14.8. The van der Waals surface area contributed by atoms with Crippen LogP contribution >= 0.6 is 35.3 Å². The Morgan fingerprint density at radius 3 is 2.29 bits per heavy atom. The standard InChI is InChI=1S/C24H21N3OS3/c1-2-26(20-11-7-4-8-12-20)22(28)19-13-15-21(16-14-19)27-24(29)31-23(25-27)30-17-18-9-5-3-6-10-18/h3-16H,2,17H2,1H3. The van der Waals surface area contributed by atoms with Crippen LogP contribution in [0.3, 0.4) is 0 Å². The monoisotopic (exact) mass is 463 g/mol. The Labute approximate surface area is 195 Å². The fourth-order valence-electron chi connectivity index (χ4n) is 3.15. The van der Waals surface area contributed by atoms with Gasteiger partial charge in [-0.25, -0.2) is 4.68 Å². The van der Waals surface area contributed by atoms with Crippen molar-refractivity contribution in [1.82, 2.24) is 9.78 Å². The summed E-state index contributed by atoms with van der Waals surface area (Å²) in [7, 11) is 0. The van der Waals surface area contributed by atoms with E-state index in [0.717, 1.165) is 21.5 Å². The molecule has 0 saturated carbocycles. The number of hydrogen-bond acceptors (Lipinski definition) is 5. The third-order valence-corrected chi connectivity index (χ3v) is 7.16. The first-order valence-corrected chi connectivity index (χ1v) is 12.1. The minimum Gasteiger partial charge on any atom is -0.309 e. The lowest BCUT2D eigenvalue weighted by atomic mass is 10.1. The van der Waals surface area contributed by atoms with Crippen LogP contribution in [0.1, 0.15) is 22.8 Å². The maximum atomic E-state index is 13.0. The highest BCUT2D eigenvalue weighted by atomic mass is 32.2. The average Bonchev–Trinajstić information content (AvgIpc) is 3.20. The third kappa shape index (κ3) is 5.12. The summed E-state index contributed by atoms with van der Waals surface area (Å²) in [5.74, 6) is 0.823. The minimum absolute atomic E-state index is 0.0266. The summed E-state index contributed by atoms with van der Waals surface area (Å²) < 4.78 is 3.38. The number of benzene rings is 3. The molecule has 4 aromatic rings. The van der Waals surface area contributed by atoms with Gasteiger partial charge in [0.15, 0.2) is 8.29 Å². The number of anilines is 1. The molecule has 31 heavy (non-hydrogen) atoms. The topological polar surface area (TPSA) is 38.1 Å². The first kappa shape index (κ1) is 21.5. The van der Waals surface area contributed by atoms with Gasteiger partial charge in [0.25, 0.3) is 5.91 Å². The highest BCUT2D eigenvalue weighted by Crippen LogP contribution is 2.27. The zero-order valence-electron chi connectivity index (χ0n) is 17.0. The van der Waals surface area contributed by atoms with Crippen LogP contribution in [0.5, 0.6) is 0 Å². The van der Waals surface area contributed by atoms with Crippen LogP contribution in [0, 0.1) is 3.95 Å². The van der Waals surface area contributed by atoms with Crippen molar-refractivity contribution in [2.75, 3.05) is 11.4 Å². The summed E-state index contributed by atoms with van der Waals surface area (Å²) in [5.41, 5.74) is 3.63. The lowest BCUT2D eigenvalue weighted by Crippen LogP contribution is -2.30. The summed E-state index contributed by atoms with van der Waals surface area (Å²) in [6, 6.07) is 27.5. The van der Waals surface area contributed by atoms with Gasteiger partial charge in [-0.1, -0.05) is 71.6 Å². The van der Waals surface area contributed by atoms with Crippen LogP contribution in [-0.4, -0.2) is 22.2 Å². The Bertz CT molecular complexity index is 1200. The summed E-state index contributed by atoms with van der Waals surface area (Å²) in [6.07, 6.45) is 0. The first-order valence-electron chi connectivity index (χ1n) is 9.90. The van der Waals surface area contributed by atoms with Crippen molar-refractivity contribution < 1.29 is 4.79 Å². The van der Waals surface area contributed by atoms with Crippen molar-refractivity contribution in [3.63, 3.8) is 0 Å². The van der Waals surface area contributed by atoms with Gasteiger partial charge in [-0.15, -0.1) is 5.10 Å². The molecule has 0 fully saturated rings. The quantitative estimate of drug-likeness (QED) is 0.228. The number of nitrogens with zero attached hydrogens (tertiary/aromatic N) is 3. The highest BCUT2D eigenvalue weighted by Gasteiger charge is 2.16. The average molecular weight is 464 g/mol. The van der Waals surface area contributed by atoms with Gasteiger partial charge in [-0.3, -0.25) is 4.79 Å². The Morgan fingerprint density at radius 2 is 1.65 bits per heavy atom. The van der Waals surface area contributed by atoms with Crippen molar-refractivity contribution in [2.45, 2.75) is 17.0 Å². The number of amides is 1. The van der Waals surface area contributed by atoms with Crippen LogP contribution in [-0.2, 0) is 5.75 Å². The van der Waals surface area contributed by atoms with E-state index in [-0.39, 0.29) is 5.91 Å². The molecule has 156 valence electrons. The van der Waals surface area contributed by atoms with E-state index < -0.39 is 0 Å². The smallest absolute Gasteiger partial charge is 0.258 e. The summed E-state index contributed by atoms with van der Waals surface area (Å²) in [5, 5.41) is 4.67. The maximum absolute atomic E-state index is 13.0. The fourth-order valence-corrected chi connectivity index (χ4v) is 5.47. The second kappa shape index (κ2) is 10.0. The number of rotatable bonds is 7. The maximum Gasteiger partial charge on any atom is 0.258 e. The van der Waals surface area contributed by atoms with E-state index in [2.05, 4.69) is 17.2 Å². The van der Waals surface area contributed by atoms with Gasteiger partial charge in [-0.05, 0) is 61.1 Å². The molecule has 1 heterocycles. The number of para-hydroxylation sites is 1. The van der Waals surface area contributed by atoms with Crippen LogP contribution < -0.4 is 4.90 Å². The number of aromatic nitrogens is 2. The molecule has 0 bridgehead atoms. The molecule has 0 aliphatic carbocycles. The molecule has 1 amide bonds. The predicted octanol–water partition coefficient (Wildman–Crippen LogP) is 6.62. The molecule has 0 N–H and O–H groups in total. The third-order valence-electron chi connectivity index (χ3n) is 4.72. The van der Waals surface area contributed by atoms with E-state index in [1.807, 2.05) is 79.7 Å². The molecule has 4 rings (SSSR count). The highest BCUT2D eigenvalue weighted by molar-refractivity contribution is 8.00. The fraction of sp³-hybridized carbons (Fsp3) is 0.125. The van der Waals surface area contributed by atoms with Gasteiger partial charge in [0.2, 0.25) is 0 Å². The van der Waals surface area contributed by atoms with Crippen molar-refractivity contribution in [3.8, 4) is 5.69 Å². The molecule has 7 heteroatoms. The molecule has 0 spiro atoms. The molecule has 0 aliphatic rings. The minimum atomic E-state index is -0.0266. The molecule has 0 aliphatic heterocycles. The van der Waals surface area contributed by atoms with Gasteiger partial charge in [0.1, 0.15) is 0 Å². The van der Waals surface area contributed by atoms with Gasteiger partial charge in [0.05, 0.1) is 5.69 Å². The van der Waals surface area contributed by atoms with E-state index in [0.29, 0.717) is 16.1 Å². The van der Waals surface area contributed by atoms with Crippen LogP contribution in [0.25, 0.3) is 5.69 Å². The Balaban J connectivity index is 1.50. The van der Waals surface area contributed by atoms with E-state index in [9.17, 15) is 4.79 Å². The van der Waals surface area contributed by atoms with Crippen molar-refractivity contribution in [3.05, 3.63) is 100 Å². The van der Waals surface area contributed by atoms with Crippen molar-refractivity contribution in [1.29, 1.82) is 0 Å². The number of carbonyl (C=O) groups is 1. The molecule has 3 aromatic carbocycles. The van der Waals surface area contributed by atoms with Crippen LogP contribution in [0.15, 0.2) is 89.3 Å². The lowest BCUT2D eigenvalue weighted by molar-refractivity contribution is 0.0988. The molecule has 4 nitrogen and oxygen atoms in total. The normalized spacial score (nSPS) is 10.7. The molecular weight excluding hydrogens is 442 g/mol. The Hall–Kier alpha value is -2.74. The zero-order valence-corrected chi connectivity index (χ0v) is 19.4. The van der Waals surface area contributed by atoms with E-state index in [4.69, 9.17) is 12.2 Å². The number of carbonyl (C=O) groups excluding carboxylic acids is 1. The number of hydrogen-bond donors (Lipinski definition) is 0. The van der Waals surface area contributed by atoms with E-state index in [1.54, 1.807) is 21.3 Å². The van der Waals surface area contributed by atoms with Crippen molar-refractivity contribution in [2.24, 2.45) is 0 Å². The van der Waals surface area contributed by atoms with Gasteiger partial charge >= 0.3 is 0 Å². The second-order valence-electron chi connectivity index (χ2n) is 6.75. The lowest BCUT2D eigenvalue weighted by Gasteiger charge is -2.21. The molecule has 0 radical (unpaired) electrons. The second-order valence-corrected chi connectivity index (χ2v) is 9.60. The zero-order chi connectivity index (χ0) is 21.6. The summed E-state index contributed by atoms with van der Waals surface area (Å²) >= 11 is 8.70. The largest absolute Gasteiger partial charge is 0.309 e. The molecule has 0 unspecified atom stereocenters. The van der Waals surface area contributed by atoms with Gasteiger partial charge in [-0.2, -0.15) is 0 Å². The van der Waals surface area contributed by atoms with Crippen LogP contribution in [0.4, 0.5) is 5.69 Å². The molecular formula is C24H21N3OS3. The van der Waals surface area contributed by atoms with E-state index >= 15 is 0 Å². The predicted molar refractivity (Wildman–Crippen MR) is 132 cm³/mol. The molecule has 1 aromatic heterocycles. The SMILES string of the molecule is CCN(C(=O)c1ccc(-n2nc(SCc3ccccc3)sc2=S)cc1)c1ccccc1. The first-order chi connectivity index (χ1) is 15.2. The van der Waals surface area contributed by atoms with Gasteiger partial charge in [0, 0.05) is 23.5 Å². The Morgan fingerprint density at radius 1 is 1.00 bits per heavy atom. The van der Waals surface area contributed by atoms with Gasteiger partial charge < -0.3 is 4.90 Å². The summed E-state index contributed by atoms with van der Waals surface area (Å²) in [6.45, 7) is 2.58. The van der Waals surface area contributed by atoms with Crippen LogP contribution in [0.2, 0.25) is 0 Å². The molecule has 0 saturated heterocycles.